The third-order valence-electron chi connectivity index (χ3n) is 3.24. The number of carbonyl (C=O) groups is 2. The minimum Gasteiger partial charge on any atom is -0.275 e. The maximum absolute atomic E-state index is 11.8. The zero-order chi connectivity index (χ0) is 13.0. The normalized spacial score (nSPS) is 16.3. The van der Waals surface area contributed by atoms with Crippen molar-refractivity contribution in [2.75, 3.05) is 0 Å². The van der Waals surface area contributed by atoms with Crippen LogP contribution in [-0.2, 0) is 11.8 Å². The van der Waals surface area contributed by atoms with Gasteiger partial charge in [0.05, 0.1) is 11.8 Å². The number of amides is 2. The van der Waals surface area contributed by atoms with Gasteiger partial charge in [0, 0.05) is 19.2 Å². The van der Waals surface area contributed by atoms with Crippen molar-refractivity contribution in [3.05, 3.63) is 18.0 Å². The molecule has 1 aliphatic carbocycles. The molecule has 1 aromatic rings. The van der Waals surface area contributed by atoms with Gasteiger partial charge in [-0.25, -0.2) is 0 Å². The fourth-order valence-corrected chi connectivity index (χ4v) is 2.20. The predicted octanol–water partition coefficient (Wildman–Crippen LogP) is 0.761. The lowest BCUT2D eigenvalue weighted by Crippen LogP contribution is -2.44. The molecule has 0 unspecified atom stereocenters. The highest BCUT2D eigenvalue weighted by atomic mass is 16.2. The van der Waals surface area contributed by atoms with Crippen LogP contribution in [0.15, 0.2) is 12.4 Å². The molecule has 0 atom stereocenters. The summed E-state index contributed by atoms with van der Waals surface area (Å²) in [6.07, 6.45) is 8.27. The maximum atomic E-state index is 11.8. The second-order valence-electron chi connectivity index (χ2n) is 4.68. The zero-order valence-electron chi connectivity index (χ0n) is 10.5. The lowest BCUT2D eigenvalue weighted by Gasteiger charge is -2.20. The molecule has 1 saturated carbocycles. The fourth-order valence-electron chi connectivity index (χ4n) is 2.20. The van der Waals surface area contributed by atoms with Gasteiger partial charge in [0.2, 0.25) is 5.91 Å². The van der Waals surface area contributed by atoms with Crippen LogP contribution in [0.2, 0.25) is 0 Å². The van der Waals surface area contributed by atoms with E-state index in [1.54, 1.807) is 13.2 Å². The van der Waals surface area contributed by atoms with E-state index in [0.29, 0.717) is 5.56 Å². The Morgan fingerprint density at radius 1 is 1.28 bits per heavy atom. The quantitative estimate of drug-likeness (QED) is 0.761. The monoisotopic (exact) mass is 250 g/mol. The molecule has 0 aromatic carbocycles. The van der Waals surface area contributed by atoms with Crippen molar-refractivity contribution in [1.82, 2.24) is 20.6 Å². The average Bonchev–Trinajstić information content (AvgIpc) is 2.83. The first kappa shape index (κ1) is 12.6. The molecule has 1 aromatic heterocycles. The topological polar surface area (TPSA) is 76.0 Å². The molecule has 1 aliphatic rings. The highest BCUT2D eigenvalue weighted by Crippen LogP contribution is 2.23. The van der Waals surface area contributed by atoms with Gasteiger partial charge in [0.25, 0.3) is 5.91 Å². The largest absolute Gasteiger partial charge is 0.275 e. The number of nitrogens with one attached hydrogen (secondary N) is 2. The number of hydrogen-bond donors (Lipinski definition) is 2. The summed E-state index contributed by atoms with van der Waals surface area (Å²) in [5, 5.41) is 3.90. The Morgan fingerprint density at radius 3 is 2.61 bits per heavy atom. The van der Waals surface area contributed by atoms with Crippen molar-refractivity contribution in [3.8, 4) is 0 Å². The number of rotatable bonds is 2. The van der Waals surface area contributed by atoms with Crippen LogP contribution in [0.25, 0.3) is 0 Å². The zero-order valence-corrected chi connectivity index (χ0v) is 10.5. The van der Waals surface area contributed by atoms with Gasteiger partial charge >= 0.3 is 0 Å². The van der Waals surface area contributed by atoms with Crippen LogP contribution in [-0.4, -0.2) is 21.6 Å². The Labute approximate surface area is 106 Å². The van der Waals surface area contributed by atoms with Crippen LogP contribution in [0, 0.1) is 5.92 Å². The number of aryl methyl sites for hydroxylation is 1. The second-order valence-corrected chi connectivity index (χ2v) is 4.68. The summed E-state index contributed by atoms with van der Waals surface area (Å²) in [7, 11) is 1.73. The molecule has 1 heterocycles. The molecule has 18 heavy (non-hydrogen) atoms. The smallest absolute Gasteiger partial charge is 0.272 e. The molecule has 0 spiro atoms. The third-order valence-corrected chi connectivity index (χ3v) is 3.24. The molecule has 6 nitrogen and oxygen atoms in total. The van der Waals surface area contributed by atoms with Crippen LogP contribution in [0.1, 0.15) is 42.5 Å². The number of aromatic nitrogens is 2. The van der Waals surface area contributed by atoms with Crippen molar-refractivity contribution >= 4 is 11.8 Å². The van der Waals surface area contributed by atoms with Crippen LogP contribution >= 0.6 is 0 Å². The number of nitrogens with zero attached hydrogens (tertiary/aromatic N) is 2. The van der Waals surface area contributed by atoms with Gasteiger partial charge in [-0.1, -0.05) is 19.3 Å². The molecular weight excluding hydrogens is 232 g/mol. The molecule has 1 fully saturated rings. The minimum atomic E-state index is -0.341. The van der Waals surface area contributed by atoms with E-state index in [0.717, 1.165) is 25.7 Å². The predicted molar refractivity (Wildman–Crippen MR) is 65.4 cm³/mol. The van der Waals surface area contributed by atoms with E-state index in [1.165, 1.54) is 17.3 Å². The first-order chi connectivity index (χ1) is 8.66. The SMILES string of the molecule is Cn1cc(C(=O)NNC(=O)C2CCCCC2)cn1. The molecule has 0 bridgehead atoms. The van der Waals surface area contributed by atoms with Crippen LogP contribution < -0.4 is 10.9 Å². The Morgan fingerprint density at radius 2 is 2.00 bits per heavy atom. The van der Waals surface area contributed by atoms with Gasteiger partial charge < -0.3 is 0 Å². The van der Waals surface area contributed by atoms with Crippen LogP contribution in [0.4, 0.5) is 0 Å². The van der Waals surface area contributed by atoms with E-state index in [4.69, 9.17) is 0 Å². The molecular formula is C12H18N4O2. The summed E-state index contributed by atoms with van der Waals surface area (Å²) in [6, 6.07) is 0. The van der Waals surface area contributed by atoms with Crippen molar-refractivity contribution < 1.29 is 9.59 Å². The summed E-state index contributed by atoms with van der Waals surface area (Å²) in [5.74, 6) is -0.396. The number of hydrazine groups is 1. The molecule has 6 heteroatoms. The van der Waals surface area contributed by atoms with Gasteiger partial charge in [-0.15, -0.1) is 0 Å². The Balaban J connectivity index is 1.80. The summed E-state index contributed by atoms with van der Waals surface area (Å²) in [5.41, 5.74) is 5.33. The Kier molecular flexibility index (Phi) is 3.96. The molecule has 98 valence electrons. The summed E-state index contributed by atoms with van der Waals surface area (Å²) in [6.45, 7) is 0. The highest BCUT2D eigenvalue weighted by Gasteiger charge is 2.21. The summed E-state index contributed by atoms with van der Waals surface area (Å²) < 4.78 is 1.54. The van der Waals surface area contributed by atoms with Gasteiger partial charge in [-0.05, 0) is 12.8 Å². The Bertz CT molecular complexity index is 435. The van der Waals surface area contributed by atoms with Crippen molar-refractivity contribution in [2.45, 2.75) is 32.1 Å². The maximum Gasteiger partial charge on any atom is 0.272 e. The van der Waals surface area contributed by atoms with Gasteiger partial charge in [-0.2, -0.15) is 5.10 Å². The second kappa shape index (κ2) is 5.66. The third kappa shape index (κ3) is 3.09. The number of carbonyl (C=O) groups excluding carboxylic acids is 2. The van der Waals surface area contributed by atoms with Crippen molar-refractivity contribution in [2.24, 2.45) is 13.0 Å². The van der Waals surface area contributed by atoms with E-state index >= 15 is 0 Å². The number of hydrogen-bond acceptors (Lipinski definition) is 3. The first-order valence-corrected chi connectivity index (χ1v) is 6.25. The van der Waals surface area contributed by atoms with E-state index in [2.05, 4.69) is 16.0 Å². The highest BCUT2D eigenvalue weighted by molar-refractivity contribution is 5.95. The van der Waals surface area contributed by atoms with E-state index in [1.807, 2.05) is 0 Å². The summed E-state index contributed by atoms with van der Waals surface area (Å²) >= 11 is 0. The molecule has 0 radical (unpaired) electrons. The molecule has 2 N–H and O–H groups in total. The van der Waals surface area contributed by atoms with E-state index < -0.39 is 0 Å². The lowest BCUT2D eigenvalue weighted by atomic mass is 9.89. The van der Waals surface area contributed by atoms with Crippen LogP contribution in [0.5, 0.6) is 0 Å². The molecule has 0 aliphatic heterocycles. The van der Waals surface area contributed by atoms with E-state index in [-0.39, 0.29) is 17.7 Å². The summed E-state index contributed by atoms with van der Waals surface area (Å²) in [4.78, 5) is 23.5. The standard InChI is InChI=1S/C12H18N4O2/c1-16-8-10(7-13-16)12(18)15-14-11(17)9-5-3-2-4-6-9/h7-9H,2-6H2,1H3,(H,14,17)(H,15,18). The minimum absolute atomic E-state index is 0.0351. The molecule has 2 rings (SSSR count). The van der Waals surface area contributed by atoms with Gasteiger partial charge in [0.15, 0.2) is 0 Å². The van der Waals surface area contributed by atoms with E-state index in [9.17, 15) is 9.59 Å². The van der Waals surface area contributed by atoms with Gasteiger partial charge in [-0.3, -0.25) is 25.1 Å². The molecule has 0 saturated heterocycles. The first-order valence-electron chi connectivity index (χ1n) is 6.25. The van der Waals surface area contributed by atoms with Crippen molar-refractivity contribution in [3.63, 3.8) is 0 Å². The Hall–Kier alpha value is -1.85. The average molecular weight is 250 g/mol. The van der Waals surface area contributed by atoms with Crippen LogP contribution in [0.3, 0.4) is 0 Å². The van der Waals surface area contributed by atoms with Crippen molar-refractivity contribution in [1.29, 1.82) is 0 Å². The fraction of sp³-hybridized carbons (Fsp3) is 0.583. The molecule has 2 amide bonds. The van der Waals surface area contributed by atoms with Gasteiger partial charge in [0.1, 0.15) is 0 Å². The lowest BCUT2D eigenvalue weighted by molar-refractivity contribution is -0.126.